The Hall–Kier alpha value is -4.37. The number of hydrogen-bond donors (Lipinski definition) is 2. The lowest BCUT2D eigenvalue weighted by molar-refractivity contribution is -0.385. The van der Waals surface area contributed by atoms with Gasteiger partial charge in [-0.05, 0) is 11.1 Å². The van der Waals surface area contributed by atoms with E-state index in [0.717, 1.165) is 22.4 Å². The van der Waals surface area contributed by atoms with E-state index in [2.05, 4.69) is 15.5 Å². The third kappa shape index (κ3) is 5.28. The van der Waals surface area contributed by atoms with E-state index in [1.807, 2.05) is 60.0 Å². The van der Waals surface area contributed by atoms with Gasteiger partial charge in [0, 0.05) is 29.0 Å². The summed E-state index contributed by atoms with van der Waals surface area (Å²) in [5.74, 6) is -1.27. The van der Waals surface area contributed by atoms with Crippen LogP contribution >= 0.6 is 11.3 Å². The van der Waals surface area contributed by atoms with E-state index in [0.29, 0.717) is 5.13 Å². The van der Waals surface area contributed by atoms with E-state index in [4.69, 9.17) is 0 Å². The molecule has 0 radical (unpaired) electrons. The average Bonchev–Trinajstić information content (AvgIpc) is 3.31. The van der Waals surface area contributed by atoms with E-state index >= 15 is 0 Å². The molecule has 0 fully saturated rings. The van der Waals surface area contributed by atoms with Crippen molar-refractivity contribution in [3.63, 3.8) is 0 Å². The lowest BCUT2D eigenvalue weighted by atomic mass is 10.0. The number of thiazole rings is 1. The molecule has 9 heteroatoms. The first kappa shape index (κ1) is 21.8. The summed E-state index contributed by atoms with van der Waals surface area (Å²) in [4.78, 5) is 26.7. The molecule has 0 bridgehead atoms. The Labute approximate surface area is 193 Å². The SMILES string of the molecule is O=C(O)/C(Cc1ccccc1[N+](=O)[O-])=N/Nc1nc(-c2ccc(-c3ccccc3)cc2)cs1. The van der Waals surface area contributed by atoms with Crippen LogP contribution in [0.15, 0.2) is 89.3 Å². The van der Waals surface area contributed by atoms with E-state index in [1.165, 1.54) is 29.5 Å². The molecule has 1 aromatic heterocycles. The molecular formula is C24H18N4O4S. The maximum Gasteiger partial charge on any atom is 0.352 e. The zero-order valence-electron chi connectivity index (χ0n) is 17.2. The molecule has 0 aliphatic heterocycles. The molecular weight excluding hydrogens is 440 g/mol. The van der Waals surface area contributed by atoms with Crippen molar-refractivity contribution in [2.24, 2.45) is 5.10 Å². The quantitative estimate of drug-likeness (QED) is 0.205. The second-order valence-electron chi connectivity index (χ2n) is 7.02. The normalized spacial score (nSPS) is 11.2. The van der Waals surface area contributed by atoms with E-state index < -0.39 is 10.9 Å². The first-order valence-corrected chi connectivity index (χ1v) is 10.8. The number of nitro benzene ring substituents is 1. The Kier molecular flexibility index (Phi) is 6.51. The number of anilines is 1. The molecule has 0 spiro atoms. The number of rotatable bonds is 8. The maximum atomic E-state index is 11.6. The molecule has 0 aliphatic carbocycles. The topological polar surface area (TPSA) is 118 Å². The van der Waals surface area contributed by atoms with E-state index in [9.17, 15) is 20.0 Å². The van der Waals surface area contributed by atoms with Gasteiger partial charge in [-0.3, -0.25) is 15.5 Å². The Morgan fingerprint density at radius 2 is 1.61 bits per heavy atom. The van der Waals surface area contributed by atoms with E-state index in [-0.39, 0.29) is 23.4 Å². The number of aromatic nitrogens is 1. The molecule has 0 saturated carbocycles. The highest BCUT2D eigenvalue weighted by Gasteiger charge is 2.18. The van der Waals surface area contributed by atoms with Crippen LogP contribution in [-0.2, 0) is 11.2 Å². The van der Waals surface area contributed by atoms with Gasteiger partial charge in [0.15, 0.2) is 0 Å². The number of carbonyl (C=O) groups is 1. The molecule has 0 aliphatic rings. The van der Waals surface area contributed by atoms with Crippen molar-refractivity contribution in [1.82, 2.24) is 4.98 Å². The van der Waals surface area contributed by atoms with Crippen molar-refractivity contribution < 1.29 is 14.8 Å². The fraction of sp³-hybridized carbons (Fsp3) is 0.0417. The highest BCUT2D eigenvalue weighted by molar-refractivity contribution is 7.14. The summed E-state index contributed by atoms with van der Waals surface area (Å²) in [6, 6.07) is 24.0. The second-order valence-corrected chi connectivity index (χ2v) is 7.88. The van der Waals surface area contributed by atoms with Gasteiger partial charge in [-0.15, -0.1) is 11.3 Å². The van der Waals surface area contributed by atoms with Crippen molar-refractivity contribution in [3.8, 4) is 22.4 Å². The van der Waals surface area contributed by atoms with Gasteiger partial charge in [0.1, 0.15) is 5.71 Å². The van der Waals surface area contributed by atoms with Gasteiger partial charge < -0.3 is 5.11 Å². The minimum atomic E-state index is -1.27. The molecule has 0 amide bonds. The molecule has 0 atom stereocenters. The van der Waals surface area contributed by atoms with Crippen LogP contribution in [0, 0.1) is 10.1 Å². The third-order valence-electron chi connectivity index (χ3n) is 4.87. The van der Waals surface area contributed by atoms with Crippen LogP contribution in [0.4, 0.5) is 10.8 Å². The maximum absolute atomic E-state index is 11.6. The monoisotopic (exact) mass is 458 g/mol. The number of aliphatic carboxylic acids is 1. The zero-order chi connectivity index (χ0) is 23.2. The molecule has 0 saturated heterocycles. The van der Waals surface area contributed by atoms with Crippen LogP contribution in [0.3, 0.4) is 0 Å². The Morgan fingerprint density at radius 1 is 0.970 bits per heavy atom. The highest BCUT2D eigenvalue weighted by atomic mass is 32.1. The van der Waals surface area contributed by atoms with Crippen molar-refractivity contribution in [2.45, 2.75) is 6.42 Å². The molecule has 1 heterocycles. The lowest BCUT2D eigenvalue weighted by Gasteiger charge is -2.04. The van der Waals surface area contributed by atoms with Crippen LogP contribution < -0.4 is 5.43 Å². The van der Waals surface area contributed by atoms with Gasteiger partial charge >= 0.3 is 5.97 Å². The number of carboxylic acids is 1. The van der Waals surface area contributed by atoms with Crippen LogP contribution in [0.2, 0.25) is 0 Å². The van der Waals surface area contributed by atoms with Gasteiger partial charge in [-0.1, -0.05) is 72.8 Å². The molecule has 3 aromatic carbocycles. The van der Waals surface area contributed by atoms with Crippen LogP contribution in [-0.4, -0.2) is 26.7 Å². The van der Waals surface area contributed by atoms with Gasteiger partial charge in [0.2, 0.25) is 5.13 Å². The largest absolute Gasteiger partial charge is 0.477 e. The van der Waals surface area contributed by atoms with Crippen LogP contribution in [0.5, 0.6) is 0 Å². The first-order chi connectivity index (χ1) is 16.0. The van der Waals surface area contributed by atoms with Gasteiger partial charge in [-0.25, -0.2) is 9.78 Å². The Morgan fingerprint density at radius 3 is 2.30 bits per heavy atom. The Bertz CT molecular complexity index is 1320. The number of benzene rings is 3. The van der Waals surface area contributed by atoms with Crippen molar-refractivity contribution in [2.75, 3.05) is 5.43 Å². The first-order valence-electron chi connectivity index (χ1n) is 9.91. The Balaban J connectivity index is 1.49. The lowest BCUT2D eigenvalue weighted by Crippen LogP contribution is -2.18. The van der Waals surface area contributed by atoms with Crippen molar-refractivity contribution in [1.29, 1.82) is 0 Å². The van der Waals surface area contributed by atoms with Crippen molar-refractivity contribution >= 4 is 33.8 Å². The number of para-hydroxylation sites is 1. The summed E-state index contributed by atoms with van der Waals surface area (Å²) in [5, 5.41) is 26.9. The fourth-order valence-corrected chi connectivity index (χ4v) is 3.88. The fourth-order valence-electron chi connectivity index (χ4n) is 3.22. The number of hydrogen-bond acceptors (Lipinski definition) is 7. The highest BCUT2D eigenvalue weighted by Crippen LogP contribution is 2.28. The summed E-state index contributed by atoms with van der Waals surface area (Å²) in [5.41, 5.74) is 6.39. The third-order valence-corrected chi connectivity index (χ3v) is 5.62. The number of nitrogens with zero attached hydrogens (tertiary/aromatic N) is 3. The van der Waals surface area contributed by atoms with Gasteiger partial charge in [0.25, 0.3) is 5.69 Å². The molecule has 4 aromatic rings. The molecule has 33 heavy (non-hydrogen) atoms. The second kappa shape index (κ2) is 9.84. The van der Waals surface area contributed by atoms with E-state index in [1.54, 1.807) is 6.07 Å². The summed E-state index contributed by atoms with van der Waals surface area (Å²) >= 11 is 1.28. The molecule has 0 unspecified atom stereocenters. The molecule has 164 valence electrons. The molecule has 8 nitrogen and oxygen atoms in total. The predicted octanol–water partition coefficient (Wildman–Crippen LogP) is 5.48. The summed E-state index contributed by atoms with van der Waals surface area (Å²) in [6.07, 6.45) is -0.196. The number of carboxylic acid groups (broad SMARTS) is 1. The summed E-state index contributed by atoms with van der Waals surface area (Å²) in [6.45, 7) is 0. The van der Waals surface area contributed by atoms with Crippen LogP contribution in [0.1, 0.15) is 5.56 Å². The average molecular weight is 458 g/mol. The van der Waals surface area contributed by atoms with Gasteiger partial charge in [0.05, 0.1) is 10.6 Å². The van der Waals surface area contributed by atoms with Crippen molar-refractivity contribution in [3.05, 3.63) is 99.9 Å². The summed E-state index contributed by atoms with van der Waals surface area (Å²) < 4.78 is 0. The smallest absolute Gasteiger partial charge is 0.352 e. The standard InChI is InChI=1S/C24H18N4O4S/c29-23(30)20(14-19-8-4-5-9-22(19)28(31)32)26-27-24-25-21(15-33-24)18-12-10-17(11-13-18)16-6-2-1-3-7-16/h1-13,15H,14H2,(H,25,27)(H,29,30)/b26-20+. The number of hydrazone groups is 1. The van der Waals surface area contributed by atoms with Gasteiger partial charge in [-0.2, -0.15) is 5.10 Å². The minimum Gasteiger partial charge on any atom is -0.477 e. The number of nitrogens with one attached hydrogen (secondary N) is 1. The van der Waals surface area contributed by atoms with Crippen LogP contribution in [0.25, 0.3) is 22.4 Å². The number of nitro groups is 1. The summed E-state index contributed by atoms with van der Waals surface area (Å²) in [7, 11) is 0. The molecule has 4 rings (SSSR count). The predicted molar refractivity (Wildman–Crippen MR) is 128 cm³/mol. The zero-order valence-corrected chi connectivity index (χ0v) is 18.0. The minimum absolute atomic E-state index is 0.151. The molecule has 2 N–H and O–H groups in total.